The van der Waals surface area contributed by atoms with E-state index in [-0.39, 0.29) is 11.8 Å². The summed E-state index contributed by atoms with van der Waals surface area (Å²) >= 11 is 0. The van der Waals surface area contributed by atoms with E-state index in [4.69, 9.17) is 5.73 Å². The number of ketones is 1. The molecule has 0 aromatic rings. The van der Waals surface area contributed by atoms with E-state index in [1.54, 1.807) is 6.92 Å². The number of nitrogens with one attached hydrogen (secondary N) is 1. The maximum Gasteiger partial charge on any atom is 0.146 e. The Hall–Kier alpha value is -0.410. The first kappa shape index (κ1) is 21.8. The largest absolute Gasteiger partial charge is 0.330 e. The Labute approximate surface area is 109 Å². The van der Waals surface area contributed by atoms with Crippen LogP contribution in [0.25, 0.3) is 0 Å². The van der Waals surface area contributed by atoms with E-state index in [1.807, 2.05) is 7.05 Å². The fraction of sp³-hybridized carbons (Fsp3) is 0.929. The van der Waals surface area contributed by atoms with Crippen molar-refractivity contribution in [2.75, 3.05) is 13.6 Å². The second kappa shape index (κ2) is 20.9. The summed E-state index contributed by atoms with van der Waals surface area (Å²) in [4.78, 5) is 10.9. The summed E-state index contributed by atoms with van der Waals surface area (Å²) in [7, 11) is 1.81. The molecule has 17 heavy (non-hydrogen) atoms. The first-order chi connectivity index (χ1) is 8.05. The molecule has 0 rings (SSSR count). The molecule has 0 aliphatic carbocycles. The van der Waals surface area contributed by atoms with Crippen LogP contribution in [0.5, 0.6) is 0 Å². The smallest absolute Gasteiger partial charge is 0.146 e. The lowest BCUT2D eigenvalue weighted by molar-refractivity contribution is -0.119. The third-order valence-corrected chi connectivity index (χ3v) is 1.79. The Morgan fingerprint density at radius 2 is 1.53 bits per heavy atom. The maximum absolute atomic E-state index is 10.9. The molecule has 0 radical (unpaired) electrons. The lowest BCUT2D eigenvalue weighted by Gasteiger charge is -2.11. The number of carbonyl (C=O) groups is 1. The topological polar surface area (TPSA) is 55.1 Å². The van der Waals surface area contributed by atoms with Gasteiger partial charge in [-0.15, -0.1) is 0 Å². The molecule has 3 nitrogen and oxygen atoms in total. The zero-order chi connectivity index (χ0) is 14.1. The van der Waals surface area contributed by atoms with Crippen LogP contribution in [0.3, 0.4) is 0 Å². The SMILES string of the molecule is CCC.CCC.CNC(CCCCN)C(C)=O. The second-order valence-corrected chi connectivity index (χ2v) is 4.15. The summed E-state index contributed by atoms with van der Waals surface area (Å²) in [6.07, 6.45) is 5.44. The van der Waals surface area contributed by atoms with Gasteiger partial charge in [-0.2, -0.15) is 0 Å². The van der Waals surface area contributed by atoms with Gasteiger partial charge in [-0.3, -0.25) is 4.79 Å². The Bertz CT molecular complexity index is 136. The van der Waals surface area contributed by atoms with Gasteiger partial charge in [0.15, 0.2) is 0 Å². The van der Waals surface area contributed by atoms with Gasteiger partial charge >= 0.3 is 0 Å². The molecule has 1 atom stereocenters. The van der Waals surface area contributed by atoms with Crippen molar-refractivity contribution in [1.82, 2.24) is 5.32 Å². The van der Waals surface area contributed by atoms with E-state index in [0.717, 1.165) is 19.3 Å². The first-order valence-electron chi connectivity index (χ1n) is 6.93. The average Bonchev–Trinajstić information content (AvgIpc) is 2.26. The van der Waals surface area contributed by atoms with E-state index < -0.39 is 0 Å². The normalized spacial score (nSPS) is 10.5. The van der Waals surface area contributed by atoms with Gasteiger partial charge in [0.05, 0.1) is 6.04 Å². The molecule has 0 saturated heterocycles. The molecule has 1 unspecified atom stereocenters. The highest BCUT2D eigenvalue weighted by Gasteiger charge is 2.09. The standard InChI is InChI=1S/C8H18N2O.2C3H8/c1-7(11)8(10-2)5-3-4-6-9;2*1-3-2/h8,10H,3-6,9H2,1-2H3;2*3H2,1-2H3. The van der Waals surface area contributed by atoms with Gasteiger partial charge in [-0.25, -0.2) is 0 Å². The van der Waals surface area contributed by atoms with E-state index >= 15 is 0 Å². The molecule has 0 aromatic heterocycles. The van der Waals surface area contributed by atoms with Crippen LogP contribution in [0.15, 0.2) is 0 Å². The number of hydrogen-bond acceptors (Lipinski definition) is 3. The van der Waals surface area contributed by atoms with E-state index in [2.05, 4.69) is 33.0 Å². The van der Waals surface area contributed by atoms with Gasteiger partial charge in [0.25, 0.3) is 0 Å². The molecular weight excluding hydrogens is 212 g/mol. The van der Waals surface area contributed by atoms with Gasteiger partial charge in [0.1, 0.15) is 5.78 Å². The van der Waals surface area contributed by atoms with Crippen LogP contribution in [0.4, 0.5) is 0 Å². The van der Waals surface area contributed by atoms with Crippen LogP contribution in [0.2, 0.25) is 0 Å². The summed E-state index contributed by atoms with van der Waals surface area (Å²) in [5, 5.41) is 2.97. The molecule has 0 aromatic carbocycles. The van der Waals surface area contributed by atoms with Crippen LogP contribution < -0.4 is 11.1 Å². The quantitative estimate of drug-likeness (QED) is 0.708. The van der Waals surface area contributed by atoms with Crippen LogP contribution in [0, 0.1) is 0 Å². The number of unbranched alkanes of at least 4 members (excludes halogenated alkanes) is 1. The molecule has 3 heteroatoms. The van der Waals surface area contributed by atoms with Crippen molar-refractivity contribution in [3.63, 3.8) is 0 Å². The van der Waals surface area contributed by atoms with E-state index in [1.165, 1.54) is 12.8 Å². The molecule has 0 fully saturated rings. The Morgan fingerprint density at radius 1 is 1.12 bits per heavy atom. The summed E-state index contributed by atoms with van der Waals surface area (Å²) in [5.41, 5.74) is 5.33. The minimum Gasteiger partial charge on any atom is -0.330 e. The Kier molecular flexibility index (Phi) is 26.9. The van der Waals surface area contributed by atoms with Gasteiger partial charge < -0.3 is 11.1 Å². The molecule has 0 spiro atoms. The molecule has 106 valence electrons. The molecule has 0 amide bonds. The number of likely N-dealkylation sites (N-methyl/N-ethyl adjacent to an activating group) is 1. The van der Waals surface area contributed by atoms with Crippen LogP contribution in [-0.4, -0.2) is 25.4 Å². The van der Waals surface area contributed by atoms with Crippen molar-refractivity contribution in [3.05, 3.63) is 0 Å². The third-order valence-electron chi connectivity index (χ3n) is 1.79. The van der Waals surface area contributed by atoms with Crippen molar-refractivity contribution in [2.24, 2.45) is 5.73 Å². The fourth-order valence-electron chi connectivity index (χ4n) is 1.04. The maximum atomic E-state index is 10.9. The number of carbonyl (C=O) groups excluding carboxylic acids is 1. The van der Waals surface area contributed by atoms with Crippen molar-refractivity contribution < 1.29 is 4.79 Å². The summed E-state index contributed by atoms with van der Waals surface area (Å²) < 4.78 is 0. The van der Waals surface area contributed by atoms with Crippen molar-refractivity contribution >= 4 is 5.78 Å². The Morgan fingerprint density at radius 3 is 1.76 bits per heavy atom. The summed E-state index contributed by atoms with van der Waals surface area (Å²) in [6, 6.07) is 0.0292. The lowest BCUT2D eigenvalue weighted by atomic mass is 10.1. The van der Waals surface area contributed by atoms with Crippen molar-refractivity contribution in [2.45, 2.75) is 72.8 Å². The zero-order valence-electron chi connectivity index (χ0n) is 12.8. The van der Waals surface area contributed by atoms with Crippen LogP contribution in [-0.2, 0) is 4.79 Å². The molecule has 0 aliphatic heterocycles. The van der Waals surface area contributed by atoms with Crippen molar-refractivity contribution in [3.8, 4) is 0 Å². The number of Topliss-reactive ketones (excluding diaryl/α,β-unsaturated/α-hetero) is 1. The second-order valence-electron chi connectivity index (χ2n) is 4.15. The predicted octanol–water partition coefficient (Wildman–Crippen LogP) is 3.13. The minimum atomic E-state index is 0.0292. The molecule has 0 saturated carbocycles. The number of hydrogen-bond donors (Lipinski definition) is 2. The highest BCUT2D eigenvalue weighted by atomic mass is 16.1. The molecule has 3 N–H and O–H groups in total. The molecule has 0 heterocycles. The van der Waals surface area contributed by atoms with Gasteiger partial charge in [0, 0.05) is 0 Å². The van der Waals surface area contributed by atoms with Crippen LogP contribution in [0.1, 0.15) is 66.7 Å². The lowest BCUT2D eigenvalue weighted by Crippen LogP contribution is -2.32. The number of rotatable bonds is 6. The van der Waals surface area contributed by atoms with Crippen LogP contribution >= 0.6 is 0 Å². The highest BCUT2D eigenvalue weighted by Crippen LogP contribution is 2.00. The van der Waals surface area contributed by atoms with E-state index in [9.17, 15) is 4.79 Å². The fourth-order valence-corrected chi connectivity index (χ4v) is 1.04. The van der Waals surface area contributed by atoms with Crippen molar-refractivity contribution in [1.29, 1.82) is 0 Å². The van der Waals surface area contributed by atoms with E-state index in [0.29, 0.717) is 6.54 Å². The molecular formula is C14H34N2O. The third kappa shape index (κ3) is 25.7. The van der Waals surface area contributed by atoms with Gasteiger partial charge in [-0.1, -0.05) is 47.0 Å². The molecule has 0 aliphatic rings. The summed E-state index contributed by atoms with van der Waals surface area (Å²) in [6.45, 7) is 10.8. The highest BCUT2D eigenvalue weighted by molar-refractivity contribution is 5.81. The minimum absolute atomic E-state index is 0.0292. The van der Waals surface area contributed by atoms with Gasteiger partial charge in [-0.05, 0) is 33.4 Å². The van der Waals surface area contributed by atoms with Gasteiger partial charge in [0.2, 0.25) is 0 Å². The number of nitrogens with two attached hydrogens (primary N) is 1. The molecule has 0 bridgehead atoms. The summed E-state index contributed by atoms with van der Waals surface area (Å²) in [5.74, 6) is 0.213. The predicted molar refractivity (Wildman–Crippen MR) is 78.4 cm³/mol. The monoisotopic (exact) mass is 246 g/mol. The average molecular weight is 246 g/mol. The Balaban J connectivity index is -0.000000273. The zero-order valence-corrected chi connectivity index (χ0v) is 12.8. The first-order valence-corrected chi connectivity index (χ1v) is 6.93.